The number of nitrogens with one attached hydrogen (secondary N) is 2. The molecule has 1 fully saturated rings. The lowest BCUT2D eigenvalue weighted by Gasteiger charge is -2.41. The van der Waals surface area contributed by atoms with E-state index in [0.29, 0.717) is 6.61 Å². The SMILES string of the molecule is Cc1ccc(NC(=O)NC2COC(C)(C)OC2c2ccccc2)c(C)c1. The van der Waals surface area contributed by atoms with E-state index in [1.165, 1.54) is 0 Å². The van der Waals surface area contributed by atoms with Gasteiger partial charge in [-0.1, -0.05) is 48.0 Å². The normalized spacial score (nSPS) is 21.8. The summed E-state index contributed by atoms with van der Waals surface area (Å²) in [7, 11) is 0. The molecule has 2 unspecified atom stereocenters. The van der Waals surface area contributed by atoms with Crippen molar-refractivity contribution in [3.05, 3.63) is 65.2 Å². The van der Waals surface area contributed by atoms with Crippen LogP contribution in [0.5, 0.6) is 0 Å². The number of ether oxygens (including phenoxy) is 2. The highest BCUT2D eigenvalue weighted by atomic mass is 16.7. The maximum absolute atomic E-state index is 12.5. The Bertz CT molecular complexity index is 774. The van der Waals surface area contributed by atoms with Crippen molar-refractivity contribution in [2.24, 2.45) is 0 Å². The third-order valence-electron chi connectivity index (χ3n) is 4.46. The van der Waals surface area contributed by atoms with Crippen LogP contribution in [-0.4, -0.2) is 24.5 Å². The van der Waals surface area contributed by atoms with Crippen LogP contribution in [0.3, 0.4) is 0 Å². The number of hydrogen-bond acceptors (Lipinski definition) is 3. The molecule has 1 aliphatic heterocycles. The number of urea groups is 1. The molecule has 2 N–H and O–H groups in total. The minimum atomic E-state index is -0.692. The van der Waals surface area contributed by atoms with Crippen LogP contribution in [-0.2, 0) is 9.47 Å². The maximum atomic E-state index is 12.5. The Hall–Kier alpha value is -2.37. The smallest absolute Gasteiger partial charge is 0.319 e. The molecule has 2 atom stereocenters. The predicted octanol–water partition coefficient (Wildman–Crippen LogP) is 4.32. The zero-order valence-electron chi connectivity index (χ0n) is 15.7. The molecule has 0 bridgehead atoms. The van der Waals surface area contributed by atoms with Crippen LogP contribution in [0, 0.1) is 13.8 Å². The Morgan fingerprint density at radius 3 is 2.54 bits per heavy atom. The monoisotopic (exact) mass is 354 g/mol. The first-order chi connectivity index (χ1) is 12.3. The van der Waals surface area contributed by atoms with Crippen LogP contribution in [0.1, 0.15) is 36.6 Å². The molecule has 2 aromatic rings. The fourth-order valence-corrected chi connectivity index (χ4v) is 3.14. The van der Waals surface area contributed by atoms with E-state index >= 15 is 0 Å². The Labute approximate surface area is 154 Å². The van der Waals surface area contributed by atoms with Gasteiger partial charge in [0, 0.05) is 5.69 Å². The van der Waals surface area contributed by atoms with Gasteiger partial charge in [-0.2, -0.15) is 0 Å². The standard InChI is InChI=1S/C21H26N2O3/c1-14-10-11-17(15(2)12-14)22-20(24)23-18-13-25-21(3,4)26-19(18)16-8-6-5-7-9-16/h5-12,18-19H,13H2,1-4H3,(H2,22,23,24). The summed E-state index contributed by atoms with van der Waals surface area (Å²) < 4.78 is 11.9. The van der Waals surface area contributed by atoms with E-state index in [-0.39, 0.29) is 18.2 Å². The highest BCUT2D eigenvalue weighted by Gasteiger charge is 2.38. The van der Waals surface area contributed by atoms with Gasteiger partial charge in [-0.05, 0) is 44.9 Å². The van der Waals surface area contributed by atoms with E-state index in [9.17, 15) is 4.79 Å². The Morgan fingerprint density at radius 1 is 1.12 bits per heavy atom. The van der Waals surface area contributed by atoms with Gasteiger partial charge in [0.15, 0.2) is 5.79 Å². The molecule has 138 valence electrons. The zero-order valence-corrected chi connectivity index (χ0v) is 15.7. The third kappa shape index (κ3) is 4.42. The topological polar surface area (TPSA) is 59.6 Å². The number of carbonyl (C=O) groups is 1. The van der Waals surface area contributed by atoms with E-state index < -0.39 is 5.79 Å². The number of carbonyl (C=O) groups excluding carboxylic acids is 1. The molecule has 0 spiro atoms. The van der Waals surface area contributed by atoms with E-state index in [0.717, 1.165) is 22.4 Å². The Kier molecular flexibility index (Phi) is 5.30. The zero-order chi connectivity index (χ0) is 18.7. The summed E-state index contributed by atoms with van der Waals surface area (Å²) in [6.07, 6.45) is -0.273. The van der Waals surface area contributed by atoms with Crippen molar-refractivity contribution in [3.63, 3.8) is 0 Å². The van der Waals surface area contributed by atoms with Crippen molar-refractivity contribution < 1.29 is 14.3 Å². The Morgan fingerprint density at radius 2 is 1.85 bits per heavy atom. The van der Waals surface area contributed by atoms with Gasteiger partial charge in [0.25, 0.3) is 0 Å². The average Bonchev–Trinajstić information content (AvgIpc) is 2.59. The second-order valence-electron chi connectivity index (χ2n) is 7.18. The van der Waals surface area contributed by atoms with Crippen molar-refractivity contribution in [3.8, 4) is 0 Å². The molecule has 0 aromatic heterocycles. The third-order valence-corrected chi connectivity index (χ3v) is 4.46. The molecule has 1 saturated heterocycles. The number of hydrogen-bond donors (Lipinski definition) is 2. The van der Waals surface area contributed by atoms with Gasteiger partial charge >= 0.3 is 6.03 Å². The van der Waals surface area contributed by atoms with Crippen molar-refractivity contribution >= 4 is 11.7 Å². The quantitative estimate of drug-likeness (QED) is 0.863. The highest BCUT2D eigenvalue weighted by molar-refractivity contribution is 5.90. The van der Waals surface area contributed by atoms with Crippen molar-refractivity contribution in [1.82, 2.24) is 5.32 Å². The number of aryl methyl sites for hydroxylation is 2. The predicted molar refractivity (Wildman–Crippen MR) is 102 cm³/mol. The highest BCUT2D eigenvalue weighted by Crippen LogP contribution is 2.33. The Balaban J connectivity index is 1.73. The first kappa shape index (κ1) is 18.4. The summed E-state index contributed by atoms with van der Waals surface area (Å²) in [5.74, 6) is -0.692. The fourth-order valence-electron chi connectivity index (χ4n) is 3.14. The van der Waals surface area contributed by atoms with Crippen LogP contribution in [0.25, 0.3) is 0 Å². The molecule has 5 nitrogen and oxygen atoms in total. The minimum absolute atomic E-state index is 0.269. The number of amides is 2. The summed E-state index contributed by atoms with van der Waals surface area (Å²) in [5.41, 5.74) is 3.99. The van der Waals surface area contributed by atoms with Gasteiger partial charge in [0.05, 0.1) is 12.6 Å². The first-order valence-corrected chi connectivity index (χ1v) is 8.85. The van der Waals surface area contributed by atoms with Crippen LogP contribution >= 0.6 is 0 Å². The molecule has 3 rings (SSSR count). The van der Waals surface area contributed by atoms with Crippen molar-refractivity contribution in [2.45, 2.75) is 45.6 Å². The largest absolute Gasteiger partial charge is 0.348 e. The number of anilines is 1. The number of rotatable bonds is 3. The summed E-state index contributed by atoms with van der Waals surface area (Å²) in [5, 5.41) is 5.91. The summed E-state index contributed by atoms with van der Waals surface area (Å²) in [4.78, 5) is 12.5. The van der Waals surface area contributed by atoms with Crippen molar-refractivity contribution in [1.29, 1.82) is 0 Å². The summed E-state index contributed by atoms with van der Waals surface area (Å²) >= 11 is 0. The van der Waals surface area contributed by atoms with Gasteiger partial charge in [0.2, 0.25) is 0 Å². The van der Waals surface area contributed by atoms with E-state index in [2.05, 4.69) is 10.6 Å². The van der Waals surface area contributed by atoms with Gasteiger partial charge in [-0.15, -0.1) is 0 Å². The van der Waals surface area contributed by atoms with Gasteiger partial charge in [-0.25, -0.2) is 4.79 Å². The molecule has 2 aromatic carbocycles. The summed E-state index contributed by atoms with van der Waals surface area (Å²) in [6, 6.07) is 15.3. The second-order valence-corrected chi connectivity index (χ2v) is 7.18. The van der Waals surface area contributed by atoms with Crippen LogP contribution in [0.15, 0.2) is 48.5 Å². The fraction of sp³-hybridized carbons (Fsp3) is 0.381. The van der Waals surface area contributed by atoms with E-state index in [1.807, 2.05) is 76.2 Å². The molecule has 26 heavy (non-hydrogen) atoms. The molecule has 2 amide bonds. The van der Waals surface area contributed by atoms with Gasteiger partial charge < -0.3 is 20.1 Å². The lowest BCUT2D eigenvalue weighted by Crippen LogP contribution is -2.52. The maximum Gasteiger partial charge on any atom is 0.319 e. The van der Waals surface area contributed by atoms with E-state index in [1.54, 1.807) is 0 Å². The van der Waals surface area contributed by atoms with E-state index in [4.69, 9.17) is 9.47 Å². The van der Waals surface area contributed by atoms with Crippen LogP contribution in [0.2, 0.25) is 0 Å². The molecule has 0 aliphatic carbocycles. The second kappa shape index (κ2) is 7.48. The molecular weight excluding hydrogens is 328 g/mol. The average molecular weight is 354 g/mol. The lowest BCUT2D eigenvalue weighted by atomic mass is 10.0. The van der Waals surface area contributed by atoms with Crippen LogP contribution < -0.4 is 10.6 Å². The molecule has 0 radical (unpaired) electrons. The molecule has 5 heteroatoms. The first-order valence-electron chi connectivity index (χ1n) is 8.85. The van der Waals surface area contributed by atoms with Gasteiger partial charge in [0.1, 0.15) is 6.10 Å². The number of benzene rings is 2. The van der Waals surface area contributed by atoms with Crippen molar-refractivity contribution in [2.75, 3.05) is 11.9 Å². The molecular formula is C21H26N2O3. The molecule has 1 heterocycles. The van der Waals surface area contributed by atoms with Gasteiger partial charge in [-0.3, -0.25) is 0 Å². The summed E-state index contributed by atoms with van der Waals surface area (Å²) in [6.45, 7) is 8.15. The molecule has 0 saturated carbocycles. The lowest BCUT2D eigenvalue weighted by molar-refractivity contribution is -0.284. The molecule has 1 aliphatic rings. The minimum Gasteiger partial charge on any atom is -0.348 e. The van der Waals surface area contributed by atoms with Crippen LogP contribution in [0.4, 0.5) is 10.5 Å².